The number of phenolic OH excluding ortho intramolecular Hbond substituents is 1. The summed E-state index contributed by atoms with van der Waals surface area (Å²) in [7, 11) is -5.85. The summed E-state index contributed by atoms with van der Waals surface area (Å²) < 4.78 is 67.8. The molecule has 1 N–H and O–H groups in total. The van der Waals surface area contributed by atoms with E-state index in [1.807, 2.05) is 115 Å². The zero-order valence-electron chi connectivity index (χ0n) is 32.3. The molecule has 0 amide bonds. The van der Waals surface area contributed by atoms with Crippen molar-refractivity contribution in [2.75, 3.05) is 0 Å². The third kappa shape index (κ3) is 7.65. The molecule has 10 rings (SSSR count). The topological polar surface area (TPSA) is 63.6 Å². The maximum absolute atomic E-state index is 13.1. The van der Waals surface area contributed by atoms with Crippen molar-refractivity contribution in [3.8, 4) is 56.0 Å². The van der Waals surface area contributed by atoms with Crippen molar-refractivity contribution in [3.05, 3.63) is 206 Å². The van der Waals surface area contributed by atoms with Crippen molar-refractivity contribution < 1.29 is 30.9 Å². The van der Waals surface area contributed by atoms with Gasteiger partial charge in [0.25, 0.3) is 0 Å². The summed E-state index contributed by atoms with van der Waals surface area (Å²) in [6, 6.07) is 66.1. The largest absolute Gasteiger partial charge is 0.534 e. The summed E-state index contributed by atoms with van der Waals surface area (Å²) in [4.78, 5) is 0. The monoisotopic (exact) mass is 824 g/mol. The van der Waals surface area contributed by atoms with Gasteiger partial charge in [0.2, 0.25) is 0 Å². The molecule has 0 unspecified atom stereocenters. The number of benzene rings is 10. The molecule has 0 radical (unpaired) electrons. The normalized spacial score (nSPS) is 11.7. The van der Waals surface area contributed by atoms with Crippen LogP contribution < -0.4 is 4.18 Å². The predicted molar refractivity (Wildman–Crippen MR) is 242 cm³/mol. The number of aromatic hydroxyl groups is 1. The zero-order valence-corrected chi connectivity index (χ0v) is 33.2. The summed E-state index contributed by atoms with van der Waals surface area (Å²) >= 11 is 0. The van der Waals surface area contributed by atoms with E-state index in [2.05, 4.69) is 64.8 Å². The van der Waals surface area contributed by atoms with Crippen LogP contribution in [-0.2, 0) is 10.1 Å². The predicted octanol–water partition coefficient (Wildman–Crippen LogP) is 14.6. The van der Waals surface area contributed by atoms with E-state index in [0.29, 0.717) is 22.3 Å². The number of phenols is 1. The Balaban J connectivity index is 0.000000160. The van der Waals surface area contributed by atoms with Crippen LogP contribution in [0.25, 0.3) is 87.6 Å². The van der Waals surface area contributed by atoms with Gasteiger partial charge in [0.05, 0.1) is 0 Å². The van der Waals surface area contributed by atoms with E-state index >= 15 is 0 Å². The molecule has 10 aromatic rings. The summed E-state index contributed by atoms with van der Waals surface area (Å²) in [5.74, 6) is -0.0645. The van der Waals surface area contributed by atoms with E-state index in [-0.39, 0.29) is 11.1 Å². The second-order valence-corrected chi connectivity index (χ2v) is 16.1. The molecular weight excluding hydrogens is 790 g/mol. The molecule has 0 fully saturated rings. The quantitative estimate of drug-likeness (QED) is 0.134. The Morgan fingerprint density at radius 1 is 0.393 bits per heavy atom. The second-order valence-electron chi connectivity index (χ2n) is 14.5. The Bertz CT molecular complexity index is 3350. The van der Waals surface area contributed by atoms with Crippen molar-refractivity contribution >= 4 is 53.2 Å². The molecule has 0 saturated carbocycles. The second kappa shape index (κ2) is 16.0. The van der Waals surface area contributed by atoms with Crippen LogP contribution in [0.2, 0.25) is 0 Å². The number of hydrogen-bond donors (Lipinski definition) is 1. The molecule has 0 atom stereocenters. The van der Waals surface area contributed by atoms with Gasteiger partial charge in [-0.05, 0) is 101 Å². The molecule has 0 aliphatic carbocycles. The summed E-state index contributed by atoms with van der Waals surface area (Å²) in [5.41, 5.74) is 1.79. The third-order valence-corrected chi connectivity index (χ3v) is 11.7. The number of alkyl halides is 3. The van der Waals surface area contributed by atoms with E-state index in [4.69, 9.17) is 0 Å². The van der Waals surface area contributed by atoms with E-state index in [0.717, 1.165) is 54.9 Å². The molecule has 0 aromatic heterocycles. The van der Waals surface area contributed by atoms with E-state index in [1.165, 1.54) is 16.8 Å². The SMILES string of the molecule is O=S(=O)(Oc1cc(-c2ccccc2)c(-c2ccc3ccccc3c2)c2ccccc12)C(F)(F)F.Oc1cc(-c2ccccc2)c(-c2ccc3ccccc3c2)c2ccccc12. The maximum Gasteiger partial charge on any atom is 0.534 e. The molecule has 10 aromatic carbocycles. The minimum Gasteiger partial charge on any atom is -0.507 e. The third-order valence-electron chi connectivity index (χ3n) is 10.8. The fourth-order valence-electron chi connectivity index (χ4n) is 7.94. The van der Waals surface area contributed by atoms with Gasteiger partial charge in [0.15, 0.2) is 5.75 Å². The highest BCUT2D eigenvalue weighted by Crippen LogP contribution is 2.45. The smallest absolute Gasteiger partial charge is 0.507 e. The molecule has 0 spiro atoms. The van der Waals surface area contributed by atoms with Crippen LogP contribution in [0.1, 0.15) is 0 Å². The molecule has 298 valence electrons. The fraction of sp³-hybridized carbons (Fsp3) is 0.0189. The Morgan fingerprint density at radius 3 is 1.28 bits per heavy atom. The lowest BCUT2D eigenvalue weighted by molar-refractivity contribution is -0.0499. The van der Waals surface area contributed by atoms with Crippen LogP contribution in [0.5, 0.6) is 11.5 Å². The highest BCUT2D eigenvalue weighted by Gasteiger charge is 2.48. The lowest BCUT2D eigenvalue weighted by Gasteiger charge is -2.18. The summed E-state index contributed by atoms with van der Waals surface area (Å²) in [6.45, 7) is 0. The first-order valence-electron chi connectivity index (χ1n) is 19.5. The van der Waals surface area contributed by atoms with Crippen LogP contribution in [0.3, 0.4) is 0 Å². The number of rotatable bonds is 6. The van der Waals surface area contributed by atoms with Gasteiger partial charge in [-0.25, -0.2) is 0 Å². The lowest BCUT2D eigenvalue weighted by Crippen LogP contribution is -2.28. The van der Waals surface area contributed by atoms with Crippen molar-refractivity contribution in [3.63, 3.8) is 0 Å². The van der Waals surface area contributed by atoms with Crippen molar-refractivity contribution in [2.45, 2.75) is 5.51 Å². The first kappa shape index (κ1) is 39.1. The van der Waals surface area contributed by atoms with Crippen LogP contribution in [0, 0.1) is 0 Å². The minimum absolute atomic E-state index is 0.262. The van der Waals surface area contributed by atoms with Gasteiger partial charge >= 0.3 is 15.6 Å². The van der Waals surface area contributed by atoms with Crippen LogP contribution >= 0.6 is 0 Å². The van der Waals surface area contributed by atoms with Crippen LogP contribution in [-0.4, -0.2) is 19.0 Å². The number of halogens is 3. The minimum atomic E-state index is -5.85. The maximum atomic E-state index is 13.1. The van der Waals surface area contributed by atoms with Crippen LogP contribution in [0.15, 0.2) is 206 Å². The molecule has 0 bridgehead atoms. The van der Waals surface area contributed by atoms with Crippen LogP contribution in [0.4, 0.5) is 13.2 Å². The Labute approximate surface area is 350 Å². The van der Waals surface area contributed by atoms with Crippen molar-refractivity contribution in [2.24, 2.45) is 0 Å². The molecule has 4 nitrogen and oxygen atoms in total. The highest BCUT2D eigenvalue weighted by atomic mass is 32.2. The Hall–Kier alpha value is -7.42. The highest BCUT2D eigenvalue weighted by molar-refractivity contribution is 7.88. The molecule has 0 heterocycles. The first-order valence-corrected chi connectivity index (χ1v) is 20.9. The van der Waals surface area contributed by atoms with Gasteiger partial charge in [-0.1, -0.05) is 182 Å². The standard InChI is InChI=1S/C27H17F3O3S.C26H18O/c28-27(29,30)34(31,32)33-25-17-24(19-9-2-1-3-10-19)26(23-13-7-6-12-22(23)25)21-15-14-18-8-4-5-11-20(18)16-21;27-25-17-24(19-9-2-1-3-10-19)26(23-13-7-6-12-22(23)25)21-15-14-18-8-4-5-11-20(18)16-21/h1-17H;1-17,27H. The molecule has 8 heteroatoms. The van der Waals surface area contributed by atoms with Crippen molar-refractivity contribution in [1.82, 2.24) is 0 Å². The zero-order chi connectivity index (χ0) is 42.1. The average Bonchev–Trinajstić information content (AvgIpc) is 3.29. The van der Waals surface area contributed by atoms with E-state index < -0.39 is 15.6 Å². The Morgan fingerprint density at radius 2 is 0.787 bits per heavy atom. The number of fused-ring (bicyclic) bond motifs is 4. The van der Waals surface area contributed by atoms with Gasteiger partial charge in [-0.15, -0.1) is 0 Å². The van der Waals surface area contributed by atoms with Gasteiger partial charge in [-0.3, -0.25) is 0 Å². The Kier molecular flexibility index (Phi) is 10.2. The summed E-state index contributed by atoms with van der Waals surface area (Å²) in [6.07, 6.45) is 0. The molecule has 61 heavy (non-hydrogen) atoms. The van der Waals surface area contributed by atoms with E-state index in [9.17, 15) is 26.7 Å². The molecule has 0 aliphatic heterocycles. The molecule has 0 aliphatic rings. The van der Waals surface area contributed by atoms with Gasteiger partial charge in [0, 0.05) is 10.8 Å². The lowest BCUT2D eigenvalue weighted by atomic mass is 9.88. The van der Waals surface area contributed by atoms with Gasteiger partial charge in [0.1, 0.15) is 5.75 Å². The van der Waals surface area contributed by atoms with Gasteiger partial charge in [-0.2, -0.15) is 21.6 Å². The molecule has 0 saturated heterocycles. The molecular formula is C53H35F3O4S. The fourth-order valence-corrected chi connectivity index (χ4v) is 8.40. The van der Waals surface area contributed by atoms with E-state index in [1.54, 1.807) is 24.3 Å². The first-order chi connectivity index (χ1) is 29.6. The van der Waals surface area contributed by atoms with Crippen molar-refractivity contribution in [1.29, 1.82) is 0 Å². The van der Waals surface area contributed by atoms with Gasteiger partial charge < -0.3 is 9.29 Å². The summed E-state index contributed by atoms with van der Waals surface area (Å²) in [5, 5.41) is 17.9. The number of hydrogen-bond acceptors (Lipinski definition) is 4. The average molecular weight is 825 g/mol.